The number of ether oxygens (including phenoxy) is 1. The maximum absolute atomic E-state index is 11.5. The lowest BCUT2D eigenvalue weighted by atomic mass is 10.1. The number of carbonyl (C=O) groups excluding carboxylic acids is 1. The van der Waals surface area contributed by atoms with E-state index in [1.54, 1.807) is 25.1 Å². The molecular formula is C15H15ClN2O5. The van der Waals surface area contributed by atoms with Gasteiger partial charge in [-0.1, -0.05) is 11.6 Å². The van der Waals surface area contributed by atoms with Gasteiger partial charge in [-0.2, -0.15) is 0 Å². The molecule has 7 nitrogen and oxygen atoms in total. The minimum absolute atomic E-state index is 0.0508. The zero-order chi connectivity index (χ0) is 17.0. The fourth-order valence-electron chi connectivity index (χ4n) is 2.00. The molecule has 2 N–H and O–H groups in total. The van der Waals surface area contributed by atoms with Crippen LogP contribution in [0.1, 0.15) is 12.7 Å². The van der Waals surface area contributed by atoms with E-state index < -0.39 is 16.9 Å². The Hall–Kier alpha value is -2.38. The van der Waals surface area contributed by atoms with Crippen molar-refractivity contribution in [2.24, 2.45) is 5.73 Å². The molecule has 0 bridgehead atoms. The van der Waals surface area contributed by atoms with Crippen molar-refractivity contribution in [3.63, 3.8) is 0 Å². The van der Waals surface area contributed by atoms with Gasteiger partial charge >= 0.3 is 5.97 Å². The molecule has 0 amide bonds. The summed E-state index contributed by atoms with van der Waals surface area (Å²) >= 11 is 5.78. The molecular weight excluding hydrogens is 324 g/mol. The van der Waals surface area contributed by atoms with Crippen molar-refractivity contribution in [2.75, 3.05) is 6.61 Å². The fourth-order valence-corrected chi connectivity index (χ4v) is 2.18. The predicted molar refractivity (Wildman–Crippen MR) is 84.1 cm³/mol. The van der Waals surface area contributed by atoms with Crippen LogP contribution in [0.25, 0.3) is 11.3 Å². The van der Waals surface area contributed by atoms with Crippen LogP contribution in [0.2, 0.25) is 5.02 Å². The molecule has 2 aromatic rings. The number of nitrogens with two attached hydrogens (primary N) is 1. The lowest BCUT2D eigenvalue weighted by Crippen LogP contribution is -2.34. The summed E-state index contributed by atoms with van der Waals surface area (Å²) in [6, 6.07) is 6.87. The van der Waals surface area contributed by atoms with Crippen molar-refractivity contribution in [2.45, 2.75) is 19.4 Å². The van der Waals surface area contributed by atoms with Crippen molar-refractivity contribution >= 4 is 23.3 Å². The van der Waals surface area contributed by atoms with E-state index in [0.29, 0.717) is 17.1 Å². The van der Waals surface area contributed by atoms with Gasteiger partial charge in [0, 0.05) is 18.1 Å². The first-order chi connectivity index (χ1) is 10.9. The zero-order valence-electron chi connectivity index (χ0n) is 12.3. The lowest BCUT2D eigenvalue weighted by molar-refractivity contribution is -0.384. The Labute approximate surface area is 137 Å². The number of benzene rings is 1. The Kier molecular flexibility index (Phi) is 5.36. The molecule has 1 atom stereocenters. The smallest absolute Gasteiger partial charge is 0.323 e. The molecule has 0 fully saturated rings. The number of rotatable bonds is 6. The van der Waals surface area contributed by atoms with E-state index in [1.807, 2.05) is 0 Å². The van der Waals surface area contributed by atoms with Crippen LogP contribution in [0, 0.1) is 10.1 Å². The van der Waals surface area contributed by atoms with Gasteiger partial charge in [0.15, 0.2) is 0 Å². The Bertz CT molecular complexity index is 728. The van der Waals surface area contributed by atoms with Gasteiger partial charge in [0.2, 0.25) is 0 Å². The number of halogens is 1. The van der Waals surface area contributed by atoms with E-state index in [4.69, 9.17) is 26.5 Å². The molecule has 0 aliphatic rings. The Morgan fingerprint density at radius 3 is 2.83 bits per heavy atom. The maximum atomic E-state index is 11.5. The summed E-state index contributed by atoms with van der Waals surface area (Å²) in [4.78, 5) is 21.9. The van der Waals surface area contributed by atoms with Crippen molar-refractivity contribution in [3.05, 3.63) is 51.2 Å². The molecule has 1 unspecified atom stereocenters. The number of furan rings is 1. The van der Waals surface area contributed by atoms with Crippen molar-refractivity contribution < 1.29 is 18.9 Å². The lowest BCUT2D eigenvalue weighted by Gasteiger charge is -2.08. The van der Waals surface area contributed by atoms with Gasteiger partial charge < -0.3 is 14.9 Å². The van der Waals surface area contributed by atoms with E-state index in [2.05, 4.69) is 0 Å². The number of esters is 1. The number of hydrogen-bond acceptors (Lipinski definition) is 6. The normalized spacial score (nSPS) is 12.0. The average Bonchev–Trinajstić information content (AvgIpc) is 2.96. The number of nitro benzene ring substituents is 1. The molecule has 23 heavy (non-hydrogen) atoms. The second-order valence-corrected chi connectivity index (χ2v) is 5.16. The van der Waals surface area contributed by atoms with E-state index >= 15 is 0 Å². The molecule has 2 rings (SSSR count). The number of nitrogens with zero attached hydrogens (tertiary/aromatic N) is 1. The van der Waals surface area contributed by atoms with Crippen LogP contribution < -0.4 is 5.73 Å². The van der Waals surface area contributed by atoms with Gasteiger partial charge in [0.05, 0.1) is 11.5 Å². The second-order valence-electron chi connectivity index (χ2n) is 4.75. The number of nitro groups is 1. The Morgan fingerprint density at radius 1 is 1.43 bits per heavy atom. The summed E-state index contributed by atoms with van der Waals surface area (Å²) in [5.74, 6) is 0.404. The third kappa shape index (κ3) is 4.08. The van der Waals surface area contributed by atoms with Crippen LogP contribution in [-0.4, -0.2) is 23.5 Å². The Balaban J connectivity index is 2.18. The maximum Gasteiger partial charge on any atom is 0.323 e. The monoisotopic (exact) mass is 338 g/mol. The standard InChI is InChI=1S/C15H15ClN2O5/c1-2-22-15(19)12(17)8-10-4-6-14(23-10)9-3-5-11(16)13(7-9)18(20)21/h3-7,12H,2,8,17H2,1H3. The van der Waals surface area contributed by atoms with Gasteiger partial charge in [-0.05, 0) is 31.2 Å². The molecule has 0 saturated carbocycles. The first-order valence-corrected chi connectivity index (χ1v) is 7.25. The van der Waals surface area contributed by atoms with Gasteiger partial charge in [-0.15, -0.1) is 0 Å². The van der Waals surface area contributed by atoms with Gasteiger partial charge in [0.1, 0.15) is 22.6 Å². The highest BCUT2D eigenvalue weighted by molar-refractivity contribution is 6.32. The highest BCUT2D eigenvalue weighted by Gasteiger charge is 2.19. The summed E-state index contributed by atoms with van der Waals surface area (Å²) in [6.45, 7) is 1.95. The summed E-state index contributed by atoms with van der Waals surface area (Å²) in [7, 11) is 0. The van der Waals surface area contributed by atoms with Crippen LogP contribution >= 0.6 is 11.6 Å². The third-order valence-corrected chi connectivity index (χ3v) is 3.42. The summed E-state index contributed by atoms with van der Waals surface area (Å²) in [6.07, 6.45) is 0.175. The van der Waals surface area contributed by atoms with Crippen LogP contribution in [0.15, 0.2) is 34.7 Å². The molecule has 0 saturated heterocycles. The quantitative estimate of drug-likeness (QED) is 0.492. The largest absolute Gasteiger partial charge is 0.465 e. The summed E-state index contributed by atoms with van der Waals surface area (Å²) in [5, 5.41) is 11.0. The van der Waals surface area contributed by atoms with Crippen molar-refractivity contribution in [1.82, 2.24) is 0 Å². The van der Waals surface area contributed by atoms with Crippen LogP contribution in [0.5, 0.6) is 0 Å². The minimum atomic E-state index is -0.825. The van der Waals surface area contributed by atoms with E-state index in [1.165, 1.54) is 12.1 Å². The van der Waals surface area contributed by atoms with E-state index in [-0.39, 0.29) is 23.7 Å². The zero-order valence-corrected chi connectivity index (χ0v) is 13.1. The fraction of sp³-hybridized carbons (Fsp3) is 0.267. The number of carbonyl (C=O) groups is 1. The van der Waals surface area contributed by atoms with Crippen LogP contribution in [-0.2, 0) is 16.0 Å². The van der Waals surface area contributed by atoms with Gasteiger partial charge in [0.25, 0.3) is 5.69 Å². The van der Waals surface area contributed by atoms with Gasteiger partial charge in [-0.3, -0.25) is 14.9 Å². The first kappa shape index (κ1) is 17.0. The summed E-state index contributed by atoms with van der Waals surface area (Å²) < 4.78 is 10.4. The highest BCUT2D eigenvalue weighted by Crippen LogP contribution is 2.31. The molecule has 0 aliphatic heterocycles. The Morgan fingerprint density at radius 2 is 2.17 bits per heavy atom. The molecule has 122 valence electrons. The van der Waals surface area contributed by atoms with Crippen molar-refractivity contribution in [3.8, 4) is 11.3 Å². The van der Waals surface area contributed by atoms with Crippen molar-refractivity contribution in [1.29, 1.82) is 0 Å². The van der Waals surface area contributed by atoms with Crippen LogP contribution in [0.4, 0.5) is 5.69 Å². The molecule has 0 spiro atoms. The molecule has 0 aliphatic carbocycles. The highest BCUT2D eigenvalue weighted by atomic mass is 35.5. The van der Waals surface area contributed by atoms with E-state index in [9.17, 15) is 14.9 Å². The third-order valence-electron chi connectivity index (χ3n) is 3.10. The number of hydrogen-bond donors (Lipinski definition) is 1. The topological polar surface area (TPSA) is 109 Å². The summed E-state index contributed by atoms with van der Waals surface area (Å²) in [5.41, 5.74) is 6.03. The molecule has 1 aromatic carbocycles. The van der Waals surface area contributed by atoms with E-state index in [0.717, 1.165) is 0 Å². The molecule has 8 heteroatoms. The predicted octanol–water partition coefficient (Wildman–Crippen LogP) is 2.94. The molecule has 1 heterocycles. The minimum Gasteiger partial charge on any atom is -0.465 e. The molecule has 1 aromatic heterocycles. The average molecular weight is 339 g/mol. The van der Waals surface area contributed by atoms with Crippen LogP contribution in [0.3, 0.4) is 0 Å². The second kappa shape index (κ2) is 7.26. The molecule has 0 radical (unpaired) electrons. The van der Waals surface area contributed by atoms with Gasteiger partial charge in [-0.25, -0.2) is 0 Å². The SMILES string of the molecule is CCOC(=O)C(N)Cc1ccc(-c2ccc(Cl)c([N+](=O)[O-])c2)o1. The first-order valence-electron chi connectivity index (χ1n) is 6.87.